The van der Waals surface area contributed by atoms with E-state index >= 15 is 0 Å². The summed E-state index contributed by atoms with van der Waals surface area (Å²) >= 11 is 0. The Labute approximate surface area is 146 Å². The van der Waals surface area contributed by atoms with Crippen molar-refractivity contribution in [1.82, 2.24) is 0 Å². The van der Waals surface area contributed by atoms with Crippen molar-refractivity contribution in [1.29, 1.82) is 0 Å². The van der Waals surface area contributed by atoms with E-state index in [2.05, 4.69) is 6.58 Å². The number of ether oxygens (including phenoxy) is 2. The van der Waals surface area contributed by atoms with Crippen LogP contribution in [0.25, 0.3) is 0 Å². The first-order chi connectivity index (χ1) is 11.5. The van der Waals surface area contributed by atoms with Crippen molar-refractivity contribution in [2.75, 3.05) is 13.2 Å². The Kier molecular flexibility index (Phi) is 4.46. The van der Waals surface area contributed by atoms with Gasteiger partial charge in [-0.3, -0.25) is 4.79 Å². The monoisotopic (exact) mass is 354 g/mol. The summed E-state index contributed by atoms with van der Waals surface area (Å²) in [5, 5.41) is 31.2. The van der Waals surface area contributed by atoms with Crippen LogP contribution in [-0.2, 0) is 19.1 Å². The molecule has 3 unspecified atom stereocenters. The zero-order valence-corrected chi connectivity index (χ0v) is 14.5. The minimum Gasteiger partial charge on any atom is -0.462 e. The Morgan fingerprint density at radius 2 is 1.64 bits per heavy atom. The maximum Gasteiger partial charge on any atom is 0.333 e. The molecule has 4 bridgehead atoms. The van der Waals surface area contributed by atoms with Crippen LogP contribution in [0, 0.1) is 11.3 Å². The number of esters is 2. The molecule has 4 fully saturated rings. The number of rotatable bonds is 6. The van der Waals surface area contributed by atoms with E-state index in [9.17, 15) is 24.9 Å². The van der Waals surface area contributed by atoms with Gasteiger partial charge in [0, 0.05) is 12.0 Å². The first kappa shape index (κ1) is 18.4. The molecule has 0 saturated heterocycles. The molecule has 0 aliphatic heterocycles. The van der Waals surface area contributed by atoms with E-state index in [1.54, 1.807) is 0 Å². The average Bonchev–Trinajstić information content (AvgIpc) is 2.46. The highest BCUT2D eigenvalue weighted by Crippen LogP contribution is 2.63. The van der Waals surface area contributed by atoms with Crippen LogP contribution in [0.3, 0.4) is 0 Å². The molecule has 0 radical (unpaired) electrons. The summed E-state index contributed by atoms with van der Waals surface area (Å²) in [6.45, 7) is 4.35. The van der Waals surface area contributed by atoms with Gasteiger partial charge >= 0.3 is 11.9 Å². The van der Waals surface area contributed by atoms with Gasteiger partial charge in [0.05, 0.1) is 16.6 Å². The van der Waals surface area contributed by atoms with Gasteiger partial charge in [-0.1, -0.05) is 6.58 Å². The second-order valence-corrected chi connectivity index (χ2v) is 8.37. The molecule has 4 rings (SSSR count). The van der Waals surface area contributed by atoms with E-state index in [-0.39, 0.29) is 24.7 Å². The molecule has 25 heavy (non-hydrogen) atoms. The average molecular weight is 354 g/mol. The van der Waals surface area contributed by atoms with Gasteiger partial charge in [-0.05, 0) is 44.9 Å². The first-order valence-electron chi connectivity index (χ1n) is 8.68. The van der Waals surface area contributed by atoms with E-state index < -0.39 is 34.7 Å². The zero-order valence-electron chi connectivity index (χ0n) is 14.5. The third-order valence-electron chi connectivity index (χ3n) is 5.60. The van der Waals surface area contributed by atoms with Crippen molar-refractivity contribution in [3.8, 4) is 0 Å². The van der Waals surface area contributed by atoms with E-state index in [4.69, 9.17) is 9.47 Å². The lowest BCUT2D eigenvalue weighted by Gasteiger charge is -2.61. The molecule has 7 heteroatoms. The lowest BCUT2D eigenvalue weighted by atomic mass is 9.46. The lowest BCUT2D eigenvalue weighted by Crippen LogP contribution is -2.65. The van der Waals surface area contributed by atoms with Crippen LogP contribution in [0.1, 0.15) is 45.4 Å². The molecule has 3 atom stereocenters. The van der Waals surface area contributed by atoms with Gasteiger partial charge in [-0.15, -0.1) is 0 Å². The summed E-state index contributed by atoms with van der Waals surface area (Å²) in [6.07, 6.45) is 1.58. The van der Waals surface area contributed by atoms with Crippen molar-refractivity contribution in [3.05, 3.63) is 12.2 Å². The van der Waals surface area contributed by atoms with Crippen LogP contribution in [0.2, 0.25) is 0 Å². The predicted octanol–water partition coefficient (Wildman–Crippen LogP) is 0.456. The second-order valence-electron chi connectivity index (χ2n) is 8.37. The highest BCUT2D eigenvalue weighted by atomic mass is 16.6. The Balaban J connectivity index is 1.56. The molecule has 0 heterocycles. The quantitative estimate of drug-likeness (QED) is 0.469. The van der Waals surface area contributed by atoms with Gasteiger partial charge in [0.2, 0.25) is 0 Å². The third kappa shape index (κ3) is 3.59. The number of hydrogen-bond acceptors (Lipinski definition) is 7. The normalized spacial score (nSPS) is 39.8. The topological polar surface area (TPSA) is 113 Å². The Morgan fingerprint density at radius 1 is 1.08 bits per heavy atom. The van der Waals surface area contributed by atoms with Crippen LogP contribution < -0.4 is 0 Å². The Bertz CT molecular complexity index is 580. The second kappa shape index (κ2) is 6.07. The summed E-state index contributed by atoms with van der Waals surface area (Å²) in [4.78, 5) is 23.9. The van der Waals surface area contributed by atoms with Gasteiger partial charge in [-0.25, -0.2) is 4.79 Å². The maximum absolute atomic E-state index is 12.7. The van der Waals surface area contributed by atoms with Crippen molar-refractivity contribution >= 4 is 11.9 Å². The van der Waals surface area contributed by atoms with Gasteiger partial charge in [-0.2, -0.15) is 0 Å². The van der Waals surface area contributed by atoms with Crippen LogP contribution in [0.4, 0.5) is 0 Å². The van der Waals surface area contributed by atoms with Crippen LogP contribution in [0.15, 0.2) is 12.2 Å². The van der Waals surface area contributed by atoms with Crippen molar-refractivity contribution in [2.24, 2.45) is 11.3 Å². The van der Waals surface area contributed by atoms with Crippen molar-refractivity contribution in [3.63, 3.8) is 0 Å². The van der Waals surface area contributed by atoms with E-state index in [0.717, 1.165) is 0 Å². The molecule has 7 nitrogen and oxygen atoms in total. The van der Waals surface area contributed by atoms with Crippen LogP contribution in [0.5, 0.6) is 0 Å². The molecule has 4 aliphatic rings. The largest absolute Gasteiger partial charge is 0.462 e. The minimum atomic E-state index is -1.13. The van der Waals surface area contributed by atoms with Gasteiger partial charge in [0.1, 0.15) is 19.3 Å². The molecular weight excluding hydrogens is 328 g/mol. The molecule has 4 saturated carbocycles. The first-order valence-corrected chi connectivity index (χ1v) is 8.68. The number of carbonyl (C=O) groups excluding carboxylic acids is 2. The maximum atomic E-state index is 12.7. The molecule has 3 N–H and O–H groups in total. The predicted molar refractivity (Wildman–Crippen MR) is 86.3 cm³/mol. The fourth-order valence-electron chi connectivity index (χ4n) is 5.23. The molecule has 0 spiro atoms. The minimum absolute atomic E-state index is 0.111. The fraction of sp³-hybridized carbons (Fsp3) is 0.778. The molecule has 0 aromatic heterocycles. The van der Waals surface area contributed by atoms with Gasteiger partial charge < -0.3 is 24.8 Å². The smallest absolute Gasteiger partial charge is 0.333 e. The Morgan fingerprint density at radius 3 is 2.16 bits per heavy atom. The number of hydrogen-bond donors (Lipinski definition) is 3. The van der Waals surface area contributed by atoms with Crippen molar-refractivity contribution < 1.29 is 34.4 Å². The van der Waals surface area contributed by atoms with E-state index in [1.807, 2.05) is 0 Å². The van der Waals surface area contributed by atoms with Gasteiger partial charge in [0.15, 0.2) is 0 Å². The molecular formula is C18H26O7. The fourth-order valence-corrected chi connectivity index (χ4v) is 5.23. The standard InChI is InChI=1S/C18H26O7/c1-11(2)14(20)24-6-13(19)7-25-15(21)16-3-12-4-17(22,8-16)10-18(23,5-12)9-16/h12-13,19,22-23H,1,3-10H2,2H3. The number of aliphatic hydroxyl groups excluding tert-OH is 1. The summed E-state index contributed by atoms with van der Waals surface area (Å²) in [5.74, 6) is -1.00. The van der Waals surface area contributed by atoms with Crippen LogP contribution in [-0.4, -0.2) is 57.8 Å². The molecule has 4 aliphatic carbocycles. The highest BCUT2D eigenvalue weighted by molar-refractivity contribution is 5.86. The SMILES string of the molecule is C=C(C)C(=O)OCC(O)COC(=O)C12CC3CC(O)(CC(O)(C3)C1)C2. The van der Waals surface area contributed by atoms with E-state index in [1.165, 1.54) is 6.92 Å². The van der Waals surface area contributed by atoms with Gasteiger partial charge in [0.25, 0.3) is 0 Å². The summed E-state index contributed by atoms with van der Waals surface area (Å²) in [7, 11) is 0. The molecule has 0 aromatic rings. The summed E-state index contributed by atoms with van der Waals surface area (Å²) < 4.78 is 10.1. The van der Waals surface area contributed by atoms with E-state index in [0.29, 0.717) is 38.5 Å². The molecule has 140 valence electrons. The highest BCUT2D eigenvalue weighted by Gasteiger charge is 2.65. The number of carbonyl (C=O) groups is 2. The summed E-state index contributed by atoms with van der Waals surface area (Å²) in [5.41, 5.74) is -2.69. The zero-order chi connectivity index (χ0) is 18.5. The lowest BCUT2D eigenvalue weighted by molar-refractivity contribution is -0.238. The Hall–Kier alpha value is -1.44. The number of aliphatic hydroxyl groups is 3. The molecule has 0 amide bonds. The van der Waals surface area contributed by atoms with Crippen molar-refractivity contribution in [2.45, 2.75) is 62.8 Å². The summed E-state index contributed by atoms with van der Waals surface area (Å²) in [6, 6.07) is 0. The third-order valence-corrected chi connectivity index (χ3v) is 5.60. The molecule has 0 aromatic carbocycles. The van der Waals surface area contributed by atoms with Crippen LogP contribution >= 0.6 is 0 Å².